The summed E-state index contributed by atoms with van der Waals surface area (Å²) >= 11 is 1.40. The van der Waals surface area contributed by atoms with E-state index >= 15 is 0 Å². The minimum atomic E-state index is -1.19. The number of methoxy groups -OCH3 is 1. The van der Waals surface area contributed by atoms with Gasteiger partial charge >= 0.3 is 5.97 Å². The van der Waals surface area contributed by atoms with Crippen molar-refractivity contribution in [3.05, 3.63) is 0 Å². The molecule has 0 aromatic heterocycles. The van der Waals surface area contributed by atoms with Crippen molar-refractivity contribution in [1.82, 2.24) is 16.0 Å². The van der Waals surface area contributed by atoms with Gasteiger partial charge in [0.25, 0.3) is 0 Å². The van der Waals surface area contributed by atoms with E-state index in [0.29, 0.717) is 18.7 Å². The molecule has 0 heterocycles. The zero-order chi connectivity index (χ0) is 27.7. The summed E-state index contributed by atoms with van der Waals surface area (Å²) in [6.07, 6.45) is 17.1. The third-order valence-corrected chi connectivity index (χ3v) is 7.10. The SMILES string of the molecule is CCCCCCCCCCCCCCCC(=O)NCCSC[C@@H](NC(C)=O)C(=O)N[C@@H](CO)C(=O)OC. The van der Waals surface area contributed by atoms with Gasteiger partial charge in [-0.3, -0.25) is 14.4 Å². The van der Waals surface area contributed by atoms with Gasteiger partial charge in [0.2, 0.25) is 17.7 Å². The number of aliphatic hydroxyl groups excluding tert-OH is 1. The van der Waals surface area contributed by atoms with Crippen LogP contribution in [0.2, 0.25) is 0 Å². The lowest BCUT2D eigenvalue weighted by molar-refractivity contribution is -0.146. The highest BCUT2D eigenvalue weighted by Gasteiger charge is 2.26. The average Bonchev–Trinajstić information content (AvgIpc) is 2.88. The molecule has 0 unspecified atom stereocenters. The van der Waals surface area contributed by atoms with Crippen LogP contribution in [0.25, 0.3) is 0 Å². The van der Waals surface area contributed by atoms with Crippen LogP contribution in [0.3, 0.4) is 0 Å². The molecule has 0 rings (SSSR count). The fraction of sp³-hybridized carbons (Fsp3) is 0.852. The van der Waals surface area contributed by atoms with Gasteiger partial charge in [0, 0.05) is 31.4 Å². The second-order valence-electron chi connectivity index (χ2n) is 9.44. The number of carbonyl (C=O) groups excluding carboxylic acids is 4. The highest BCUT2D eigenvalue weighted by molar-refractivity contribution is 7.99. The third-order valence-electron chi connectivity index (χ3n) is 6.04. The molecule has 216 valence electrons. The molecule has 2 atom stereocenters. The highest BCUT2D eigenvalue weighted by atomic mass is 32.2. The quantitative estimate of drug-likeness (QED) is 0.108. The Morgan fingerprint density at radius 1 is 0.811 bits per heavy atom. The molecule has 10 heteroatoms. The van der Waals surface area contributed by atoms with Crippen LogP contribution in [-0.4, -0.2) is 72.6 Å². The first-order valence-electron chi connectivity index (χ1n) is 14.0. The van der Waals surface area contributed by atoms with E-state index in [-0.39, 0.29) is 17.6 Å². The van der Waals surface area contributed by atoms with Crippen molar-refractivity contribution >= 4 is 35.5 Å². The molecule has 0 saturated heterocycles. The summed E-state index contributed by atoms with van der Waals surface area (Å²) < 4.78 is 4.53. The lowest BCUT2D eigenvalue weighted by Gasteiger charge is -2.20. The Labute approximate surface area is 228 Å². The Balaban J connectivity index is 3.86. The molecule has 0 aliphatic carbocycles. The van der Waals surface area contributed by atoms with Gasteiger partial charge in [0.1, 0.15) is 6.04 Å². The fourth-order valence-electron chi connectivity index (χ4n) is 3.88. The topological polar surface area (TPSA) is 134 Å². The minimum Gasteiger partial charge on any atom is -0.467 e. The number of amides is 3. The first-order valence-corrected chi connectivity index (χ1v) is 15.1. The summed E-state index contributed by atoms with van der Waals surface area (Å²) in [6.45, 7) is 3.41. The summed E-state index contributed by atoms with van der Waals surface area (Å²) in [7, 11) is 1.16. The normalized spacial score (nSPS) is 12.4. The van der Waals surface area contributed by atoms with E-state index < -0.39 is 30.6 Å². The van der Waals surface area contributed by atoms with E-state index in [0.717, 1.165) is 20.0 Å². The molecule has 0 aromatic rings. The zero-order valence-corrected chi connectivity index (χ0v) is 24.1. The summed E-state index contributed by atoms with van der Waals surface area (Å²) in [4.78, 5) is 47.5. The number of rotatable bonds is 24. The van der Waals surface area contributed by atoms with E-state index in [1.807, 2.05) is 0 Å². The number of aliphatic hydroxyl groups is 1. The molecular formula is C27H51N3O6S. The van der Waals surface area contributed by atoms with Crippen LogP contribution in [0.4, 0.5) is 0 Å². The zero-order valence-electron chi connectivity index (χ0n) is 23.3. The Morgan fingerprint density at radius 2 is 1.35 bits per heavy atom. The van der Waals surface area contributed by atoms with Crippen LogP contribution in [-0.2, 0) is 23.9 Å². The van der Waals surface area contributed by atoms with Crippen LogP contribution < -0.4 is 16.0 Å². The maximum absolute atomic E-state index is 12.4. The fourth-order valence-corrected chi connectivity index (χ4v) is 4.76. The summed E-state index contributed by atoms with van der Waals surface area (Å²) in [5.74, 6) is -0.864. The van der Waals surface area contributed by atoms with Crippen LogP contribution in [0.1, 0.15) is 104 Å². The molecule has 9 nitrogen and oxygen atoms in total. The molecule has 0 spiro atoms. The Hall–Kier alpha value is -1.81. The second-order valence-corrected chi connectivity index (χ2v) is 10.6. The van der Waals surface area contributed by atoms with Gasteiger partial charge in [0.05, 0.1) is 13.7 Å². The Bertz CT molecular complexity index is 635. The average molecular weight is 546 g/mol. The van der Waals surface area contributed by atoms with E-state index in [9.17, 15) is 24.3 Å². The van der Waals surface area contributed by atoms with E-state index in [2.05, 4.69) is 27.6 Å². The van der Waals surface area contributed by atoms with Crippen molar-refractivity contribution in [2.45, 2.75) is 116 Å². The number of thioether (sulfide) groups is 1. The lowest BCUT2D eigenvalue weighted by atomic mass is 10.0. The second kappa shape index (κ2) is 24.5. The minimum absolute atomic E-state index is 0.0312. The monoisotopic (exact) mass is 545 g/mol. The van der Waals surface area contributed by atoms with Gasteiger partial charge in [-0.2, -0.15) is 11.8 Å². The first kappa shape index (κ1) is 35.2. The molecule has 0 radical (unpaired) electrons. The van der Waals surface area contributed by atoms with Gasteiger partial charge in [-0.05, 0) is 6.42 Å². The first-order chi connectivity index (χ1) is 17.8. The summed E-state index contributed by atoms with van der Waals surface area (Å²) in [5.41, 5.74) is 0. The van der Waals surface area contributed by atoms with Crippen molar-refractivity contribution in [3.63, 3.8) is 0 Å². The molecule has 0 aliphatic rings. The van der Waals surface area contributed by atoms with Crippen molar-refractivity contribution in [2.24, 2.45) is 0 Å². The van der Waals surface area contributed by atoms with Crippen LogP contribution in [0, 0.1) is 0 Å². The molecule has 37 heavy (non-hydrogen) atoms. The summed E-state index contributed by atoms with van der Waals surface area (Å²) in [5, 5.41) is 17.1. The standard InChI is InChI=1S/C27H51N3O6S/c1-4-5-6-7-8-9-10-11-12-13-14-15-16-17-25(33)28-18-19-37-21-24(29-22(2)32)26(34)30-23(20-31)27(35)36-3/h23-24,31H,4-21H2,1-3H3,(H,28,33)(H,29,32)(H,30,34)/t23-,24+/m0/s1. The van der Waals surface area contributed by atoms with Crippen LogP contribution in [0.15, 0.2) is 0 Å². The predicted molar refractivity (Wildman–Crippen MR) is 149 cm³/mol. The van der Waals surface area contributed by atoms with Crippen molar-refractivity contribution < 1.29 is 29.0 Å². The number of nitrogens with one attached hydrogen (secondary N) is 3. The smallest absolute Gasteiger partial charge is 0.330 e. The molecular weight excluding hydrogens is 494 g/mol. The molecule has 0 aliphatic heterocycles. The predicted octanol–water partition coefficient (Wildman–Crippen LogP) is 3.47. The van der Waals surface area contributed by atoms with Gasteiger partial charge < -0.3 is 25.8 Å². The molecule has 0 bridgehead atoms. The largest absolute Gasteiger partial charge is 0.467 e. The van der Waals surface area contributed by atoms with Crippen molar-refractivity contribution in [2.75, 3.05) is 31.8 Å². The maximum Gasteiger partial charge on any atom is 0.330 e. The molecule has 4 N–H and O–H groups in total. The van der Waals surface area contributed by atoms with E-state index in [1.165, 1.54) is 89.3 Å². The Kier molecular flexibility index (Phi) is 23.3. The number of esters is 1. The maximum atomic E-state index is 12.4. The number of ether oxygens (including phenoxy) is 1. The van der Waals surface area contributed by atoms with Gasteiger partial charge in [-0.15, -0.1) is 0 Å². The number of hydrogen-bond acceptors (Lipinski definition) is 7. The summed E-state index contributed by atoms with van der Waals surface area (Å²) in [6, 6.07) is -2.06. The number of carbonyl (C=O) groups is 4. The van der Waals surface area contributed by atoms with Gasteiger partial charge in [0.15, 0.2) is 6.04 Å². The molecule has 0 fully saturated rings. The van der Waals surface area contributed by atoms with Gasteiger partial charge in [-0.25, -0.2) is 4.79 Å². The van der Waals surface area contributed by atoms with Crippen molar-refractivity contribution in [3.8, 4) is 0 Å². The van der Waals surface area contributed by atoms with Crippen molar-refractivity contribution in [1.29, 1.82) is 0 Å². The number of unbranched alkanes of at least 4 members (excludes halogenated alkanes) is 12. The Morgan fingerprint density at radius 3 is 1.84 bits per heavy atom. The van der Waals surface area contributed by atoms with E-state index in [1.54, 1.807) is 0 Å². The third kappa shape index (κ3) is 20.9. The molecule has 0 saturated carbocycles. The number of hydrogen-bond donors (Lipinski definition) is 4. The van der Waals surface area contributed by atoms with Gasteiger partial charge in [-0.1, -0.05) is 84.0 Å². The van der Waals surface area contributed by atoms with E-state index in [4.69, 9.17) is 0 Å². The highest BCUT2D eigenvalue weighted by Crippen LogP contribution is 2.13. The molecule has 3 amide bonds. The van der Waals surface area contributed by atoms with Crippen LogP contribution in [0.5, 0.6) is 0 Å². The molecule has 0 aromatic carbocycles. The van der Waals surface area contributed by atoms with Crippen LogP contribution >= 0.6 is 11.8 Å². The lowest BCUT2D eigenvalue weighted by Crippen LogP contribution is -2.53.